The standard InChI is InChI=1S/C24H31NO3/c1-5-6-10-13-28-23(27)20-16(2)25-18-14-24(3,4)15-19(26)22(18)21(20)17-11-8-7-9-12-17/h7-9,11-12,21,25H,5-6,10,13-15H2,1-4H3. The lowest BCUT2D eigenvalue weighted by Crippen LogP contribution is -2.38. The normalized spacial score (nSPS) is 21.3. The highest BCUT2D eigenvalue weighted by Crippen LogP contribution is 2.46. The maximum Gasteiger partial charge on any atom is 0.336 e. The number of esters is 1. The smallest absolute Gasteiger partial charge is 0.336 e. The Kier molecular flexibility index (Phi) is 6.07. The van der Waals surface area contributed by atoms with Gasteiger partial charge in [0.2, 0.25) is 0 Å². The maximum atomic E-state index is 13.1. The fraction of sp³-hybridized carbons (Fsp3) is 0.500. The Morgan fingerprint density at radius 1 is 1.18 bits per heavy atom. The first-order valence-corrected chi connectivity index (χ1v) is 10.3. The lowest BCUT2D eigenvalue weighted by Gasteiger charge is -2.39. The fourth-order valence-corrected chi connectivity index (χ4v) is 4.28. The first kappa shape index (κ1) is 20.4. The second-order valence-electron chi connectivity index (χ2n) is 8.68. The van der Waals surface area contributed by atoms with Gasteiger partial charge in [-0.1, -0.05) is 63.9 Å². The molecule has 0 bridgehead atoms. The van der Waals surface area contributed by atoms with Crippen molar-refractivity contribution in [1.29, 1.82) is 0 Å². The third-order valence-corrected chi connectivity index (χ3v) is 5.57. The molecular weight excluding hydrogens is 350 g/mol. The largest absolute Gasteiger partial charge is 0.462 e. The molecule has 150 valence electrons. The lowest BCUT2D eigenvalue weighted by atomic mass is 9.68. The van der Waals surface area contributed by atoms with Crippen LogP contribution in [-0.4, -0.2) is 18.4 Å². The van der Waals surface area contributed by atoms with Crippen molar-refractivity contribution >= 4 is 11.8 Å². The van der Waals surface area contributed by atoms with Crippen LogP contribution in [0.2, 0.25) is 0 Å². The molecule has 0 spiro atoms. The first-order chi connectivity index (χ1) is 13.3. The van der Waals surface area contributed by atoms with Crippen LogP contribution in [0.5, 0.6) is 0 Å². The van der Waals surface area contributed by atoms with Gasteiger partial charge in [-0.2, -0.15) is 0 Å². The molecule has 1 heterocycles. The van der Waals surface area contributed by atoms with E-state index in [9.17, 15) is 9.59 Å². The number of benzene rings is 1. The van der Waals surface area contributed by atoms with Crippen LogP contribution in [0, 0.1) is 5.41 Å². The highest BCUT2D eigenvalue weighted by Gasteiger charge is 2.43. The predicted molar refractivity (Wildman–Crippen MR) is 111 cm³/mol. The minimum absolute atomic E-state index is 0.0808. The van der Waals surface area contributed by atoms with Crippen molar-refractivity contribution in [1.82, 2.24) is 5.32 Å². The number of rotatable bonds is 6. The molecule has 0 radical (unpaired) electrons. The van der Waals surface area contributed by atoms with Crippen LogP contribution in [0.3, 0.4) is 0 Å². The Labute approximate surface area is 168 Å². The summed E-state index contributed by atoms with van der Waals surface area (Å²) in [4.78, 5) is 26.1. The molecule has 0 aromatic heterocycles. The van der Waals surface area contributed by atoms with E-state index in [1.54, 1.807) is 0 Å². The number of allylic oxidation sites excluding steroid dienone is 3. The van der Waals surface area contributed by atoms with Crippen molar-refractivity contribution in [2.45, 2.75) is 65.7 Å². The summed E-state index contributed by atoms with van der Waals surface area (Å²) >= 11 is 0. The number of ketones is 1. The van der Waals surface area contributed by atoms with E-state index in [1.165, 1.54) is 0 Å². The van der Waals surface area contributed by atoms with E-state index in [1.807, 2.05) is 37.3 Å². The molecule has 4 nitrogen and oxygen atoms in total. The second kappa shape index (κ2) is 8.34. The zero-order valence-corrected chi connectivity index (χ0v) is 17.4. The molecular formula is C24H31NO3. The molecule has 4 heteroatoms. The predicted octanol–water partition coefficient (Wildman–Crippen LogP) is 5.02. The third-order valence-electron chi connectivity index (χ3n) is 5.57. The zero-order chi connectivity index (χ0) is 20.3. The van der Waals surface area contributed by atoms with Crippen LogP contribution in [0.25, 0.3) is 0 Å². The summed E-state index contributed by atoms with van der Waals surface area (Å²) in [6.07, 6.45) is 4.27. The number of hydrogen-bond donors (Lipinski definition) is 1. The summed E-state index contributed by atoms with van der Waals surface area (Å²) in [7, 11) is 0. The van der Waals surface area contributed by atoms with Crippen molar-refractivity contribution in [3.63, 3.8) is 0 Å². The summed E-state index contributed by atoms with van der Waals surface area (Å²) in [5.74, 6) is -0.560. The molecule has 1 aliphatic carbocycles. The molecule has 1 aromatic carbocycles. The summed E-state index contributed by atoms with van der Waals surface area (Å²) < 4.78 is 5.59. The first-order valence-electron chi connectivity index (χ1n) is 10.3. The van der Waals surface area contributed by atoms with Gasteiger partial charge >= 0.3 is 5.97 Å². The summed E-state index contributed by atoms with van der Waals surface area (Å²) in [6, 6.07) is 9.84. The average Bonchev–Trinajstić information content (AvgIpc) is 2.63. The van der Waals surface area contributed by atoms with Crippen LogP contribution in [0.15, 0.2) is 52.9 Å². The molecule has 1 aromatic rings. The van der Waals surface area contributed by atoms with Gasteiger partial charge in [0.15, 0.2) is 5.78 Å². The van der Waals surface area contributed by atoms with Crippen LogP contribution in [0.4, 0.5) is 0 Å². The van der Waals surface area contributed by atoms with Gasteiger partial charge in [0.25, 0.3) is 0 Å². The quantitative estimate of drug-likeness (QED) is 0.555. The number of hydrogen-bond acceptors (Lipinski definition) is 4. The average molecular weight is 382 g/mol. The Morgan fingerprint density at radius 2 is 1.89 bits per heavy atom. The van der Waals surface area contributed by atoms with Gasteiger partial charge in [0.1, 0.15) is 0 Å². The summed E-state index contributed by atoms with van der Waals surface area (Å²) in [5, 5.41) is 3.37. The topological polar surface area (TPSA) is 55.4 Å². The van der Waals surface area contributed by atoms with Gasteiger partial charge in [0.05, 0.1) is 12.2 Å². The number of carbonyl (C=O) groups excluding carboxylic acids is 2. The molecule has 1 atom stereocenters. The molecule has 28 heavy (non-hydrogen) atoms. The second-order valence-corrected chi connectivity index (χ2v) is 8.68. The van der Waals surface area contributed by atoms with Crippen LogP contribution < -0.4 is 5.32 Å². The highest BCUT2D eigenvalue weighted by molar-refractivity contribution is 6.04. The Morgan fingerprint density at radius 3 is 2.57 bits per heavy atom. The Balaban J connectivity index is 1.99. The van der Waals surface area contributed by atoms with Gasteiger partial charge in [-0.05, 0) is 30.7 Å². The number of carbonyl (C=O) groups is 2. The molecule has 1 aliphatic heterocycles. The van der Waals surface area contributed by atoms with E-state index in [-0.39, 0.29) is 23.1 Å². The van der Waals surface area contributed by atoms with Gasteiger partial charge in [0, 0.05) is 29.3 Å². The molecule has 0 fully saturated rings. The van der Waals surface area contributed by atoms with Crippen molar-refractivity contribution in [3.8, 4) is 0 Å². The van der Waals surface area contributed by atoms with E-state index in [2.05, 4.69) is 26.1 Å². The van der Waals surface area contributed by atoms with Gasteiger partial charge in [-0.3, -0.25) is 4.79 Å². The van der Waals surface area contributed by atoms with Crippen molar-refractivity contribution < 1.29 is 14.3 Å². The van der Waals surface area contributed by atoms with Gasteiger partial charge < -0.3 is 10.1 Å². The van der Waals surface area contributed by atoms with Crippen LogP contribution >= 0.6 is 0 Å². The third kappa shape index (κ3) is 4.21. The minimum atomic E-state index is -0.361. The van der Waals surface area contributed by atoms with Crippen molar-refractivity contribution in [3.05, 3.63) is 58.4 Å². The summed E-state index contributed by atoms with van der Waals surface area (Å²) in [5.41, 5.74) is 3.92. The molecule has 1 N–H and O–H groups in total. The lowest BCUT2D eigenvalue weighted by molar-refractivity contribution is -0.139. The van der Waals surface area contributed by atoms with Crippen LogP contribution in [-0.2, 0) is 14.3 Å². The molecule has 3 rings (SSSR count). The number of unbranched alkanes of at least 4 members (excludes halogenated alkanes) is 2. The highest BCUT2D eigenvalue weighted by atomic mass is 16.5. The SMILES string of the molecule is CCCCCOC(=O)C1=C(C)NC2=C(C(=O)CC(C)(C)C2)C1c1ccccc1. The van der Waals surface area contributed by atoms with E-state index in [0.717, 1.165) is 48.2 Å². The van der Waals surface area contributed by atoms with E-state index < -0.39 is 0 Å². The zero-order valence-electron chi connectivity index (χ0n) is 17.4. The Hall–Kier alpha value is -2.36. The number of Topliss-reactive ketones (excluding diaryl/α,β-unsaturated/α-hetero) is 1. The maximum absolute atomic E-state index is 13.1. The van der Waals surface area contributed by atoms with E-state index >= 15 is 0 Å². The van der Waals surface area contributed by atoms with E-state index in [4.69, 9.17) is 4.74 Å². The molecule has 1 unspecified atom stereocenters. The summed E-state index contributed by atoms with van der Waals surface area (Å²) in [6.45, 7) is 8.68. The molecule has 0 saturated carbocycles. The van der Waals surface area contributed by atoms with Crippen molar-refractivity contribution in [2.24, 2.45) is 5.41 Å². The number of nitrogens with one attached hydrogen (secondary N) is 1. The van der Waals surface area contributed by atoms with Gasteiger partial charge in [-0.15, -0.1) is 0 Å². The fourth-order valence-electron chi connectivity index (χ4n) is 4.28. The molecule has 0 saturated heterocycles. The van der Waals surface area contributed by atoms with Gasteiger partial charge in [-0.25, -0.2) is 4.79 Å². The number of dihydropyridines is 1. The monoisotopic (exact) mass is 381 g/mol. The Bertz CT molecular complexity index is 818. The molecule has 0 amide bonds. The number of ether oxygens (including phenoxy) is 1. The van der Waals surface area contributed by atoms with E-state index in [0.29, 0.717) is 18.6 Å². The van der Waals surface area contributed by atoms with Crippen molar-refractivity contribution in [2.75, 3.05) is 6.61 Å². The minimum Gasteiger partial charge on any atom is -0.462 e. The molecule has 2 aliphatic rings. The van der Waals surface area contributed by atoms with Crippen LogP contribution in [0.1, 0.15) is 71.3 Å².